The highest BCUT2D eigenvalue weighted by molar-refractivity contribution is 5.81. The fraction of sp³-hybridized carbons (Fsp3) is 0.476. The zero-order valence-electron chi connectivity index (χ0n) is 17.4. The Morgan fingerprint density at radius 3 is 2.46 bits per heavy atom. The minimum absolute atomic E-state index is 0.0338. The van der Waals surface area contributed by atoms with Crippen LogP contribution in [0.5, 0.6) is 5.88 Å². The van der Waals surface area contributed by atoms with Crippen LogP contribution in [-0.2, 0) is 4.74 Å². The molecule has 3 aromatic heterocycles. The summed E-state index contributed by atoms with van der Waals surface area (Å²) in [7, 11) is 3.24. The van der Waals surface area contributed by atoms with Gasteiger partial charge in [0.25, 0.3) is 0 Å². The Hall–Kier alpha value is -2.51. The lowest BCUT2D eigenvalue weighted by atomic mass is 10.1. The first kappa shape index (κ1) is 20.2. The zero-order chi connectivity index (χ0) is 20.4. The Morgan fingerprint density at radius 1 is 1.11 bits per heavy atom. The first-order valence-electron chi connectivity index (χ1n) is 9.42. The van der Waals surface area contributed by atoms with Gasteiger partial charge in [0.2, 0.25) is 5.88 Å². The molecule has 1 N–H and O–H groups in total. The van der Waals surface area contributed by atoms with Crippen molar-refractivity contribution in [3.63, 3.8) is 0 Å². The molecule has 0 aliphatic heterocycles. The van der Waals surface area contributed by atoms with Crippen molar-refractivity contribution in [1.29, 1.82) is 0 Å². The van der Waals surface area contributed by atoms with Gasteiger partial charge in [-0.05, 0) is 37.5 Å². The van der Waals surface area contributed by atoms with E-state index < -0.39 is 0 Å². The van der Waals surface area contributed by atoms with Crippen molar-refractivity contribution in [3.05, 3.63) is 35.3 Å². The van der Waals surface area contributed by atoms with Crippen LogP contribution in [-0.4, -0.2) is 52.1 Å². The topological polar surface area (TPSA) is 82.3 Å². The number of fused-ring (bicyclic) bond motifs is 1. The largest absolute Gasteiger partial charge is 0.480 e. The fourth-order valence-electron chi connectivity index (χ4n) is 3.34. The summed E-state index contributed by atoms with van der Waals surface area (Å²) in [5.41, 5.74) is 5.84. The second-order valence-corrected chi connectivity index (χ2v) is 7.29. The van der Waals surface area contributed by atoms with Crippen molar-refractivity contribution < 1.29 is 14.6 Å². The van der Waals surface area contributed by atoms with E-state index in [1.54, 1.807) is 14.2 Å². The molecule has 150 valence electrons. The highest BCUT2D eigenvalue weighted by Crippen LogP contribution is 2.33. The van der Waals surface area contributed by atoms with Gasteiger partial charge in [-0.25, -0.2) is 15.0 Å². The van der Waals surface area contributed by atoms with Crippen molar-refractivity contribution in [2.75, 3.05) is 27.4 Å². The highest BCUT2D eigenvalue weighted by Gasteiger charge is 2.20. The fourth-order valence-corrected chi connectivity index (χ4v) is 3.34. The molecule has 0 saturated heterocycles. The minimum atomic E-state index is -0.206. The molecule has 3 rings (SSSR count). The van der Waals surface area contributed by atoms with Crippen LogP contribution in [0, 0.1) is 13.8 Å². The Bertz CT molecular complexity index is 981. The number of aryl methyl sites for hydroxylation is 2. The summed E-state index contributed by atoms with van der Waals surface area (Å²) in [5, 5.41) is 9.75. The highest BCUT2D eigenvalue weighted by atomic mass is 16.5. The molecule has 1 atom stereocenters. The van der Waals surface area contributed by atoms with Gasteiger partial charge in [-0.1, -0.05) is 13.8 Å². The summed E-state index contributed by atoms with van der Waals surface area (Å²) in [6.45, 7) is 8.48. The van der Waals surface area contributed by atoms with Crippen LogP contribution in [0.1, 0.15) is 42.8 Å². The number of hydrogen-bond acceptors (Lipinski definition) is 6. The standard InChI is InChI=1S/C21H28N4O3/c1-12(2)17-8-7-16(21(23-17)28-6)19-14(4)22-20-18(24-19)13(3)9-25(20)15(10-26)11-27-5/h7-9,12,15,26H,10-11H2,1-6H3/t15-/m1/s1. The van der Waals surface area contributed by atoms with E-state index in [2.05, 4.69) is 18.8 Å². The van der Waals surface area contributed by atoms with E-state index in [9.17, 15) is 5.11 Å². The molecule has 0 radical (unpaired) electrons. The molecule has 0 amide bonds. The van der Waals surface area contributed by atoms with Crippen LogP contribution in [0.15, 0.2) is 18.3 Å². The van der Waals surface area contributed by atoms with Gasteiger partial charge >= 0.3 is 0 Å². The van der Waals surface area contributed by atoms with E-state index in [-0.39, 0.29) is 12.6 Å². The maximum absolute atomic E-state index is 9.75. The van der Waals surface area contributed by atoms with Crippen LogP contribution in [0.4, 0.5) is 0 Å². The molecule has 0 aromatic carbocycles. The van der Waals surface area contributed by atoms with Crippen LogP contribution in [0.25, 0.3) is 22.4 Å². The molecule has 0 spiro atoms. The number of hydrogen-bond donors (Lipinski definition) is 1. The van der Waals surface area contributed by atoms with Gasteiger partial charge in [0.05, 0.1) is 43.3 Å². The smallest absolute Gasteiger partial charge is 0.222 e. The van der Waals surface area contributed by atoms with E-state index >= 15 is 0 Å². The lowest BCUT2D eigenvalue weighted by Gasteiger charge is -2.17. The Balaban J connectivity index is 2.17. The summed E-state index contributed by atoms with van der Waals surface area (Å²) in [6, 6.07) is 3.80. The predicted molar refractivity (Wildman–Crippen MR) is 109 cm³/mol. The lowest BCUT2D eigenvalue weighted by Crippen LogP contribution is -2.18. The second kappa shape index (κ2) is 8.24. The van der Waals surface area contributed by atoms with E-state index in [4.69, 9.17) is 19.4 Å². The van der Waals surface area contributed by atoms with Crippen molar-refractivity contribution in [1.82, 2.24) is 19.5 Å². The van der Waals surface area contributed by atoms with Crippen LogP contribution in [0.3, 0.4) is 0 Å². The number of nitrogens with zero attached hydrogens (tertiary/aromatic N) is 4. The Labute approximate surface area is 165 Å². The third kappa shape index (κ3) is 3.59. The first-order chi connectivity index (χ1) is 13.4. The van der Waals surface area contributed by atoms with E-state index in [1.165, 1.54) is 0 Å². The van der Waals surface area contributed by atoms with Crippen molar-refractivity contribution in [3.8, 4) is 17.1 Å². The quantitative estimate of drug-likeness (QED) is 0.672. The normalized spacial score (nSPS) is 12.7. The Morgan fingerprint density at radius 2 is 1.86 bits per heavy atom. The SMILES string of the molecule is COC[C@@H](CO)n1cc(C)c2nc(-c3ccc(C(C)C)nc3OC)c(C)nc21. The molecule has 0 fully saturated rings. The average Bonchev–Trinajstić information content (AvgIpc) is 3.00. The first-order valence-corrected chi connectivity index (χ1v) is 9.42. The maximum Gasteiger partial charge on any atom is 0.222 e. The molecule has 7 nitrogen and oxygen atoms in total. The zero-order valence-corrected chi connectivity index (χ0v) is 17.4. The van der Waals surface area contributed by atoms with Gasteiger partial charge in [0, 0.05) is 19.0 Å². The van der Waals surface area contributed by atoms with E-state index in [0.29, 0.717) is 18.4 Å². The van der Waals surface area contributed by atoms with Crippen LogP contribution >= 0.6 is 0 Å². The molecule has 0 unspecified atom stereocenters. The number of pyridine rings is 1. The molecule has 0 bridgehead atoms. The molecule has 3 heterocycles. The third-order valence-electron chi connectivity index (χ3n) is 4.89. The summed E-state index contributed by atoms with van der Waals surface area (Å²) >= 11 is 0. The van der Waals surface area contributed by atoms with Gasteiger partial charge in [0.15, 0.2) is 5.65 Å². The third-order valence-corrected chi connectivity index (χ3v) is 4.89. The molecule has 0 aliphatic carbocycles. The second-order valence-electron chi connectivity index (χ2n) is 7.29. The van der Waals surface area contributed by atoms with Gasteiger partial charge in [-0.2, -0.15) is 0 Å². The summed E-state index contributed by atoms with van der Waals surface area (Å²) < 4.78 is 12.7. The monoisotopic (exact) mass is 384 g/mol. The predicted octanol–water partition coefficient (Wildman–Crippen LogP) is 3.42. The van der Waals surface area contributed by atoms with Crippen LogP contribution in [0.2, 0.25) is 0 Å². The summed E-state index contributed by atoms with van der Waals surface area (Å²) in [5.74, 6) is 0.859. The summed E-state index contributed by atoms with van der Waals surface area (Å²) in [4.78, 5) is 14.3. The van der Waals surface area contributed by atoms with Gasteiger partial charge in [-0.3, -0.25) is 0 Å². The Kier molecular flexibility index (Phi) is 5.96. The van der Waals surface area contributed by atoms with E-state index in [0.717, 1.165) is 39.4 Å². The van der Waals surface area contributed by atoms with E-state index in [1.807, 2.05) is 36.7 Å². The minimum Gasteiger partial charge on any atom is -0.480 e. The number of rotatable bonds is 7. The molecular formula is C21H28N4O3. The number of methoxy groups -OCH3 is 2. The van der Waals surface area contributed by atoms with Crippen LogP contribution < -0.4 is 4.74 Å². The number of aliphatic hydroxyl groups is 1. The molecule has 0 saturated carbocycles. The van der Waals surface area contributed by atoms with Crippen molar-refractivity contribution >= 4 is 11.2 Å². The maximum atomic E-state index is 9.75. The molecular weight excluding hydrogens is 356 g/mol. The van der Waals surface area contributed by atoms with Crippen molar-refractivity contribution in [2.24, 2.45) is 0 Å². The summed E-state index contributed by atoms with van der Waals surface area (Å²) in [6.07, 6.45) is 1.96. The number of aromatic nitrogens is 4. The molecule has 7 heteroatoms. The average molecular weight is 384 g/mol. The van der Waals surface area contributed by atoms with Crippen molar-refractivity contribution in [2.45, 2.75) is 39.7 Å². The number of ether oxygens (including phenoxy) is 2. The molecule has 0 aliphatic rings. The van der Waals surface area contributed by atoms with Gasteiger partial charge in [0.1, 0.15) is 5.52 Å². The van der Waals surface area contributed by atoms with Gasteiger partial charge in [-0.15, -0.1) is 0 Å². The molecule has 28 heavy (non-hydrogen) atoms. The number of aliphatic hydroxyl groups excluding tert-OH is 1. The molecule has 3 aromatic rings. The lowest BCUT2D eigenvalue weighted by molar-refractivity contribution is 0.116. The van der Waals surface area contributed by atoms with Gasteiger partial charge < -0.3 is 19.1 Å².